The highest BCUT2D eigenvalue weighted by molar-refractivity contribution is 7.97. The third-order valence-corrected chi connectivity index (χ3v) is 5.97. The fourth-order valence-corrected chi connectivity index (χ4v) is 3.82. The molecule has 4 rings (SSSR count). The predicted molar refractivity (Wildman–Crippen MR) is 114 cm³/mol. The summed E-state index contributed by atoms with van der Waals surface area (Å²) < 4.78 is 38.7. The van der Waals surface area contributed by atoms with E-state index in [1.807, 2.05) is 0 Å². The van der Waals surface area contributed by atoms with Gasteiger partial charge in [0.1, 0.15) is 12.1 Å². The van der Waals surface area contributed by atoms with Gasteiger partial charge in [0.25, 0.3) is 5.91 Å². The van der Waals surface area contributed by atoms with Crippen LogP contribution in [-0.4, -0.2) is 37.9 Å². The van der Waals surface area contributed by atoms with Gasteiger partial charge >= 0.3 is 0 Å². The summed E-state index contributed by atoms with van der Waals surface area (Å²) in [7, 11) is -3.30. The number of hydrogen-bond acceptors (Lipinski definition) is 5. The second-order valence-corrected chi connectivity index (χ2v) is 9.08. The van der Waals surface area contributed by atoms with E-state index in [4.69, 9.17) is 0 Å². The van der Waals surface area contributed by atoms with Crippen molar-refractivity contribution >= 4 is 21.8 Å². The van der Waals surface area contributed by atoms with E-state index in [1.54, 1.807) is 53.1 Å². The monoisotopic (exact) mass is 438 g/mol. The van der Waals surface area contributed by atoms with Gasteiger partial charge in [-0.05, 0) is 54.4 Å². The van der Waals surface area contributed by atoms with Crippen molar-refractivity contribution in [2.24, 2.45) is 0 Å². The molecule has 7 nitrogen and oxygen atoms in total. The first-order valence-corrected chi connectivity index (χ1v) is 11.4. The Morgan fingerprint density at radius 2 is 1.84 bits per heavy atom. The van der Waals surface area contributed by atoms with Crippen molar-refractivity contribution in [1.82, 2.24) is 19.9 Å². The summed E-state index contributed by atoms with van der Waals surface area (Å²) in [6.45, 7) is 0.291. The quantitative estimate of drug-likeness (QED) is 0.466. The third kappa shape index (κ3) is 4.52. The van der Waals surface area contributed by atoms with Crippen molar-refractivity contribution in [1.29, 1.82) is 0 Å². The molecule has 1 N–H and O–H groups in total. The molecule has 0 saturated carbocycles. The van der Waals surface area contributed by atoms with Crippen molar-refractivity contribution in [3.05, 3.63) is 83.8 Å². The lowest BCUT2D eigenvalue weighted by Gasteiger charge is -2.09. The first kappa shape index (κ1) is 20.8. The number of carbonyl (C=O) groups excluding carboxylic acids is 1. The standard InChI is InChI=1S/C22H19FN4O3S/c1-31(29,30)18-9-6-16(7-10-18)21-26-25-20-11-8-17(14-27(20)21)22(28)24-13-12-15-4-2-3-5-19(15)23/h2-11,14H,12-13H2,1H3,(H-,24,28,29,30). The number of carbonyl (C=O) groups is 1. The number of amides is 1. The Balaban J connectivity index is 1.53. The summed E-state index contributed by atoms with van der Waals surface area (Å²) in [5.74, 6) is -0.115. The average molecular weight is 438 g/mol. The number of hydrogen-bond donors (Lipinski definition) is 1. The molecule has 0 aliphatic carbocycles. The van der Waals surface area contributed by atoms with Crippen LogP contribution in [0.15, 0.2) is 71.8 Å². The van der Waals surface area contributed by atoms with Crippen LogP contribution in [0.5, 0.6) is 0 Å². The highest BCUT2D eigenvalue weighted by Crippen LogP contribution is 2.22. The van der Waals surface area contributed by atoms with E-state index in [1.165, 1.54) is 18.2 Å². The van der Waals surface area contributed by atoms with Crippen LogP contribution in [-0.2, 0) is 20.8 Å². The van der Waals surface area contributed by atoms with Crippen LogP contribution < -0.4 is 5.32 Å². The van der Waals surface area contributed by atoms with Gasteiger partial charge in [-0.2, -0.15) is 0 Å². The van der Waals surface area contributed by atoms with Gasteiger partial charge in [0.2, 0.25) is 0 Å². The Labute approximate surface area is 179 Å². The molecule has 2 heterocycles. The molecule has 1 atom stereocenters. The molecule has 0 spiro atoms. The minimum Gasteiger partial charge on any atom is -0.610 e. The molecule has 2 aromatic heterocycles. The molecule has 2 aromatic carbocycles. The van der Waals surface area contributed by atoms with E-state index < -0.39 is 10.2 Å². The Morgan fingerprint density at radius 1 is 1.10 bits per heavy atom. The second-order valence-electron chi connectivity index (χ2n) is 7.06. The largest absolute Gasteiger partial charge is 0.610 e. The fourth-order valence-electron chi connectivity index (χ4n) is 3.19. The average Bonchev–Trinajstić information content (AvgIpc) is 3.18. The maximum absolute atomic E-state index is 13.7. The molecule has 1 amide bonds. The van der Waals surface area contributed by atoms with Crippen LogP contribution >= 0.6 is 0 Å². The lowest BCUT2D eigenvalue weighted by Crippen LogP contribution is -2.26. The van der Waals surface area contributed by atoms with Crippen molar-refractivity contribution in [3.8, 4) is 11.4 Å². The number of rotatable bonds is 6. The van der Waals surface area contributed by atoms with Crippen LogP contribution in [0.4, 0.5) is 4.39 Å². The summed E-state index contributed by atoms with van der Waals surface area (Å²) in [5.41, 5.74) is 2.15. The number of pyridine rings is 1. The first-order valence-electron chi connectivity index (χ1n) is 9.50. The topological polar surface area (TPSA) is 99.4 Å². The lowest BCUT2D eigenvalue weighted by molar-refractivity contribution is 0.0953. The predicted octanol–water partition coefficient (Wildman–Crippen LogP) is 3.13. The van der Waals surface area contributed by atoms with Crippen LogP contribution in [0, 0.1) is 5.82 Å². The van der Waals surface area contributed by atoms with Crippen LogP contribution in [0.25, 0.3) is 17.0 Å². The van der Waals surface area contributed by atoms with Crippen LogP contribution in [0.1, 0.15) is 15.9 Å². The molecule has 0 aliphatic rings. The summed E-state index contributed by atoms with van der Waals surface area (Å²) in [6.07, 6.45) is 3.14. The van der Waals surface area contributed by atoms with Crippen molar-refractivity contribution in [2.75, 3.05) is 12.8 Å². The fraction of sp³-hybridized carbons (Fsp3) is 0.136. The zero-order valence-electron chi connectivity index (χ0n) is 16.6. The number of benzene rings is 2. The lowest BCUT2D eigenvalue weighted by atomic mass is 10.1. The van der Waals surface area contributed by atoms with E-state index in [0.29, 0.717) is 41.1 Å². The van der Waals surface area contributed by atoms with Crippen molar-refractivity contribution in [2.45, 2.75) is 11.3 Å². The minimum absolute atomic E-state index is 0.208. The van der Waals surface area contributed by atoms with E-state index in [0.717, 1.165) is 6.26 Å². The molecule has 0 saturated heterocycles. The van der Waals surface area contributed by atoms with Gasteiger partial charge in [-0.15, -0.1) is 14.4 Å². The number of nitrogens with zero attached hydrogens (tertiary/aromatic N) is 3. The molecule has 0 aliphatic heterocycles. The minimum atomic E-state index is -3.30. The van der Waals surface area contributed by atoms with E-state index in [9.17, 15) is 17.9 Å². The normalized spacial score (nSPS) is 13.1. The molecule has 1 unspecified atom stereocenters. The van der Waals surface area contributed by atoms with Gasteiger partial charge < -0.3 is 9.87 Å². The molecule has 0 bridgehead atoms. The van der Waals surface area contributed by atoms with Crippen LogP contribution in [0.2, 0.25) is 0 Å². The Bertz CT molecular complexity index is 1300. The van der Waals surface area contributed by atoms with E-state index >= 15 is 0 Å². The molecule has 0 radical (unpaired) electrons. The molecule has 9 heteroatoms. The summed E-state index contributed by atoms with van der Waals surface area (Å²) in [5, 5.41) is 11.0. The van der Waals surface area contributed by atoms with Gasteiger partial charge in [0.15, 0.2) is 16.4 Å². The summed E-state index contributed by atoms with van der Waals surface area (Å²) in [6, 6.07) is 16.1. The maximum atomic E-state index is 13.7. The number of sulfone groups is 1. The summed E-state index contributed by atoms with van der Waals surface area (Å²) >= 11 is 0. The van der Waals surface area contributed by atoms with E-state index in [-0.39, 0.29) is 16.6 Å². The zero-order chi connectivity index (χ0) is 22.0. The molecule has 31 heavy (non-hydrogen) atoms. The Hall–Kier alpha value is -3.43. The summed E-state index contributed by atoms with van der Waals surface area (Å²) in [4.78, 5) is 12.8. The maximum Gasteiger partial charge on any atom is 0.252 e. The molecule has 0 fully saturated rings. The second kappa shape index (κ2) is 8.37. The van der Waals surface area contributed by atoms with Gasteiger partial charge in [-0.25, -0.2) is 4.39 Å². The number of fused-ring (bicyclic) bond motifs is 1. The van der Waals surface area contributed by atoms with Gasteiger partial charge in [-0.3, -0.25) is 9.20 Å². The van der Waals surface area contributed by atoms with Crippen molar-refractivity contribution in [3.63, 3.8) is 0 Å². The zero-order valence-corrected chi connectivity index (χ0v) is 17.4. The number of nitrogens with one attached hydrogen (secondary N) is 1. The van der Waals surface area contributed by atoms with Crippen molar-refractivity contribution < 1.29 is 17.9 Å². The highest BCUT2D eigenvalue weighted by Gasteiger charge is 2.15. The number of aromatic nitrogens is 3. The first-order chi connectivity index (χ1) is 14.8. The van der Waals surface area contributed by atoms with Crippen LogP contribution in [0.3, 0.4) is 0 Å². The molecule has 158 valence electrons. The smallest absolute Gasteiger partial charge is 0.252 e. The molecule has 4 aromatic rings. The van der Waals surface area contributed by atoms with Gasteiger partial charge in [0, 0.05) is 18.3 Å². The third-order valence-electron chi connectivity index (χ3n) is 4.84. The molecular weight excluding hydrogens is 419 g/mol. The highest BCUT2D eigenvalue weighted by atomic mass is 32.3. The Kier molecular flexibility index (Phi) is 5.62. The number of halogens is 1. The van der Waals surface area contributed by atoms with E-state index in [2.05, 4.69) is 15.5 Å². The van der Waals surface area contributed by atoms with Gasteiger partial charge in [-0.1, -0.05) is 18.2 Å². The van der Waals surface area contributed by atoms with Gasteiger partial charge in [0.05, 0.1) is 15.8 Å². The SMILES string of the molecule is C[S+](=O)([O-])c1ccc(-c2nnc3ccc(C(=O)NCCc4ccccc4F)cn23)cc1. The Morgan fingerprint density at radius 3 is 2.55 bits per heavy atom. The molecular formula is C22H19FN4O3S.